The number of aliphatic hydroxyl groups excluding tert-OH is 1. The largest absolute Gasteiger partial charge is 0.497 e. The molecule has 0 aliphatic heterocycles. The first-order chi connectivity index (χ1) is 8.24. The Morgan fingerprint density at radius 2 is 2.12 bits per heavy atom. The fourth-order valence-corrected chi connectivity index (χ4v) is 1.80. The van der Waals surface area contributed by atoms with Crippen molar-refractivity contribution < 1.29 is 9.84 Å². The third-order valence-corrected chi connectivity index (χ3v) is 2.70. The highest BCUT2D eigenvalue weighted by Gasteiger charge is 2.05. The Morgan fingerprint density at radius 1 is 1.29 bits per heavy atom. The van der Waals surface area contributed by atoms with E-state index in [0.29, 0.717) is 12.8 Å². The monoisotopic (exact) mass is 232 g/mol. The fraction of sp³-hybridized carbons (Fsp3) is 0.385. The number of aromatic nitrogens is 2. The number of ether oxygens (including phenoxy) is 1. The van der Waals surface area contributed by atoms with E-state index in [2.05, 4.69) is 9.97 Å². The highest BCUT2D eigenvalue weighted by Crippen LogP contribution is 2.21. The predicted molar refractivity (Wildman–Crippen MR) is 66.2 cm³/mol. The average Bonchev–Trinajstić information content (AvgIpc) is 2.36. The minimum absolute atomic E-state index is 0.170. The van der Waals surface area contributed by atoms with Crippen LogP contribution in [0.5, 0.6) is 5.75 Å². The molecule has 0 aliphatic rings. The van der Waals surface area contributed by atoms with E-state index in [0.717, 1.165) is 28.2 Å². The molecule has 0 saturated heterocycles. The molecular formula is C13H16N2O2. The Hall–Kier alpha value is -1.68. The van der Waals surface area contributed by atoms with E-state index in [-0.39, 0.29) is 6.61 Å². The molecule has 0 spiro atoms. The predicted octanol–water partition coefficient (Wildman–Crippen LogP) is 1.87. The third kappa shape index (κ3) is 2.53. The van der Waals surface area contributed by atoms with Gasteiger partial charge in [0.2, 0.25) is 0 Å². The van der Waals surface area contributed by atoms with Crippen molar-refractivity contribution in [2.45, 2.75) is 19.8 Å². The van der Waals surface area contributed by atoms with E-state index in [9.17, 15) is 0 Å². The second-order valence-electron chi connectivity index (χ2n) is 3.94. The summed E-state index contributed by atoms with van der Waals surface area (Å²) in [6, 6.07) is 5.77. The zero-order chi connectivity index (χ0) is 12.3. The number of nitrogens with zero attached hydrogens (tertiary/aromatic N) is 2. The van der Waals surface area contributed by atoms with Crippen molar-refractivity contribution in [2.75, 3.05) is 13.7 Å². The number of hydrogen-bond acceptors (Lipinski definition) is 4. The molecule has 2 aromatic rings. The molecule has 1 N–H and O–H groups in total. The summed E-state index contributed by atoms with van der Waals surface area (Å²) in [7, 11) is 1.65. The van der Waals surface area contributed by atoms with Gasteiger partial charge in [-0.2, -0.15) is 0 Å². The third-order valence-electron chi connectivity index (χ3n) is 2.70. The highest BCUT2D eigenvalue weighted by molar-refractivity contribution is 5.82. The summed E-state index contributed by atoms with van der Waals surface area (Å²) in [4.78, 5) is 8.91. The van der Waals surface area contributed by atoms with Crippen LogP contribution in [0, 0.1) is 6.92 Å². The van der Waals surface area contributed by atoms with Gasteiger partial charge in [0, 0.05) is 24.1 Å². The van der Waals surface area contributed by atoms with Crippen LogP contribution >= 0.6 is 0 Å². The maximum atomic E-state index is 8.81. The summed E-state index contributed by atoms with van der Waals surface area (Å²) >= 11 is 0. The maximum absolute atomic E-state index is 8.81. The van der Waals surface area contributed by atoms with Gasteiger partial charge in [-0.25, -0.2) is 9.97 Å². The number of hydrogen-bond donors (Lipinski definition) is 1. The standard InChI is InChI=1S/C13H16N2O2/c1-9-11-8-10(17-2)5-6-12(11)15-13(14-9)4-3-7-16/h5-6,8,16H,3-4,7H2,1-2H3. The molecule has 90 valence electrons. The molecule has 0 radical (unpaired) electrons. The van der Waals surface area contributed by atoms with Crippen LogP contribution in [0.1, 0.15) is 17.9 Å². The van der Waals surface area contributed by atoms with E-state index in [1.165, 1.54) is 0 Å². The van der Waals surface area contributed by atoms with Gasteiger partial charge in [-0.15, -0.1) is 0 Å². The van der Waals surface area contributed by atoms with Crippen LogP contribution < -0.4 is 4.74 Å². The lowest BCUT2D eigenvalue weighted by Gasteiger charge is -2.06. The lowest BCUT2D eigenvalue weighted by atomic mass is 10.1. The van der Waals surface area contributed by atoms with Crippen molar-refractivity contribution in [1.29, 1.82) is 0 Å². The van der Waals surface area contributed by atoms with Crippen LogP contribution in [0.4, 0.5) is 0 Å². The van der Waals surface area contributed by atoms with Crippen LogP contribution in [0.2, 0.25) is 0 Å². The Morgan fingerprint density at radius 3 is 2.82 bits per heavy atom. The van der Waals surface area contributed by atoms with Crippen LogP contribution in [-0.2, 0) is 6.42 Å². The molecule has 1 aromatic carbocycles. The topological polar surface area (TPSA) is 55.2 Å². The smallest absolute Gasteiger partial charge is 0.129 e. The molecule has 2 rings (SSSR count). The minimum atomic E-state index is 0.170. The van der Waals surface area contributed by atoms with Gasteiger partial charge in [-0.1, -0.05) is 0 Å². The highest BCUT2D eigenvalue weighted by atomic mass is 16.5. The Balaban J connectivity index is 2.44. The molecule has 0 saturated carbocycles. The second-order valence-corrected chi connectivity index (χ2v) is 3.94. The Labute approximate surface area is 100 Å². The van der Waals surface area contributed by atoms with Crippen molar-refractivity contribution in [1.82, 2.24) is 9.97 Å². The van der Waals surface area contributed by atoms with Gasteiger partial charge in [-0.05, 0) is 31.5 Å². The summed E-state index contributed by atoms with van der Waals surface area (Å²) in [5, 5.41) is 9.82. The van der Waals surface area contributed by atoms with Crippen molar-refractivity contribution in [2.24, 2.45) is 0 Å². The summed E-state index contributed by atoms with van der Waals surface area (Å²) < 4.78 is 5.18. The number of fused-ring (bicyclic) bond motifs is 1. The molecule has 4 nitrogen and oxygen atoms in total. The molecule has 17 heavy (non-hydrogen) atoms. The van der Waals surface area contributed by atoms with Crippen LogP contribution in [0.3, 0.4) is 0 Å². The molecule has 0 unspecified atom stereocenters. The molecule has 0 aliphatic carbocycles. The molecule has 0 atom stereocenters. The Kier molecular flexibility index (Phi) is 3.54. The first-order valence-corrected chi connectivity index (χ1v) is 5.66. The summed E-state index contributed by atoms with van der Waals surface area (Å²) in [5.74, 6) is 1.60. The van der Waals surface area contributed by atoms with Crippen molar-refractivity contribution in [3.8, 4) is 5.75 Å². The van der Waals surface area contributed by atoms with Gasteiger partial charge >= 0.3 is 0 Å². The van der Waals surface area contributed by atoms with E-state index >= 15 is 0 Å². The molecule has 1 aromatic heterocycles. The first kappa shape index (κ1) is 11.8. The zero-order valence-electron chi connectivity index (χ0n) is 10.1. The minimum Gasteiger partial charge on any atom is -0.497 e. The fourth-order valence-electron chi connectivity index (χ4n) is 1.80. The van der Waals surface area contributed by atoms with E-state index in [4.69, 9.17) is 9.84 Å². The molecule has 0 fully saturated rings. The summed E-state index contributed by atoms with van der Waals surface area (Å²) in [6.45, 7) is 2.13. The van der Waals surface area contributed by atoms with Gasteiger partial charge in [0.25, 0.3) is 0 Å². The summed E-state index contributed by atoms with van der Waals surface area (Å²) in [6.07, 6.45) is 1.40. The van der Waals surface area contributed by atoms with Crippen LogP contribution in [0.25, 0.3) is 10.9 Å². The molecule has 4 heteroatoms. The van der Waals surface area contributed by atoms with Crippen molar-refractivity contribution >= 4 is 10.9 Å². The molecule has 1 heterocycles. The van der Waals surface area contributed by atoms with Crippen molar-refractivity contribution in [3.05, 3.63) is 29.7 Å². The van der Waals surface area contributed by atoms with Crippen LogP contribution in [-0.4, -0.2) is 28.8 Å². The van der Waals surface area contributed by atoms with E-state index in [1.807, 2.05) is 25.1 Å². The number of benzene rings is 1. The number of aliphatic hydroxyl groups is 1. The number of methoxy groups -OCH3 is 1. The zero-order valence-corrected chi connectivity index (χ0v) is 10.1. The summed E-state index contributed by atoms with van der Waals surface area (Å²) in [5.41, 5.74) is 1.87. The van der Waals surface area contributed by atoms with Crippen LogP contribution in [0.15, 0.2) is 18.2 Å². The number of aryl methyl sites for hydroxylation is 2. The quantitative estimate of drug-likeness (QED) is 0.874. The normalized spacial score (nSPS) is 10.8. The van der Waals surface area contributed by atoms with Gasteiger partial charge < -0.3 is 9.84 Å². The molecule has 0 amide bonds. The second kappa shape index (κ2) is 5.10. The number of rotatable bonds is 4. The lowest BCUT2D eigenvalue weighted by Crippen LogP contribution is -2.00. The van der Waals surface area contributed by atoms with Gasteiger partial charge in [0.15, 0.2) is 0 Å². The Bertz CT molecular complexity index is 526. The van der Waals surface area contributed by atoms with Gasteiger partial charge in [0.05, 0.1) is 12.6 Å². The first-order valence-electron chi connectivity index (χ1n) is 5.66. The van der Waals surface area contributed by atoms with Gasteiger partial charge in [0.1, 0.15) is 11.6 Å². The molecular weight excluding hydrogens is 216 g/mol. The van der Waals surface area contributed by atoms with Crippen molar-refractivity contribution in [3.63, 3.8) is 0 Å². The average molecular weight is 232 g/mol. The maximum Gasteiger partial charge on any atom is 0.129 e. The SMILES string of the molecule is COc1ccc2nc(CCCO)nc(C)c2c1. The van der Waals surface area contributed by atoms with E-state index in [1.54, 1.807) is 7.11 Å². The lowest BCUT2D eigenvalue weighted by molar-refractivity contribution is 0.287. The van der Waals surface area contributed by atoms with E-state index < -0.39 is 0 Å². The molecule has 0 bridgehead atoms. The van der Waals surface area contributed by atoms with Gasteiger partial charge in [-0.3, -0.25) is 0 Å².